The van der Waals surface area contributed by atoms with E-state index in [9.17, 15) is 0 Å². The Morgan fingerprint density at radius 1 is 2.00 bits per heavy atom. The van der Waals surface area contributed by atoms with E-state index in [-0.39, 0.29) is 0 Å². The standard InChI is InChI=1S/C2H6BN2/c1-3-5-4-2/h5H,2H2,1H3. The molecule has 0 saturated heterocycles. The Bertz CT molecular complexity index is 28.8. The van der Waals surface area contributed by atoms with Gasteiger partial charge in [-0.15, -0.1) is 0 Å². The second-order valence-corrected chi connectivity index (χ2v) is 0.576. The van der Waals surface area contributed by atoms with Gasteiger partial charge in [0.25, 0.3) is 7.41 Å². The number of hydrazone groups is 1. The molecule has 0 aromatic carbocycles. The normalized spacial score (nSPS) is 5.80. The molecule has 0 aliphatic carbocycles. The Balaban J connectivity index is 2.40. The summed E-state index contributed by atoms with van der Waals surface area (Å²) < 4.78 is 0. The summed E-state index contributed by atoms with van der Waals surface area (Å²) >= 11 is 0. The molecule has 0 rings (SSSR count). The predicted molar refractivity (Wildman–Crippen MR) is 24.3 cm³/mol. The number of rotatable bonds is 2. The summed E-state index contributed by atoms with van der Waals surface area (Å²) in [5.74, 6) is 0. The lowest BCUT2D eigenvalue weighted by atomic mass is 10.0. The van der Waals surface area contributed by atoms with Gasteiger partial charge in [-0.2, -0.15) is 0 Å². The van der Waals surface area contributed by atoms with Crippen molar-refractivity contribution >= 4 is 14.1 Å². The van der Waals surface area contributed by atoms with Crippen LogP contribution in [0.5, 0.6) is 0 Å². The molecule has 0 bridgehead atoms. The minimum atomic E-state index is 1.70. The third-order valence-corrected chi connectivity index (χ3v) is 0.220. The van der Waals surface area contributed by atoms with E-state index in [1.165, 1.54) is 0 Å². The van der Waals surface area contributed by atoms with Gasteiger partial charge in [-0.05, 0) is 0 Å². The van der Waals surface area contributed by atoms with E-state index >= 15 is 0 Å². The van der Waals surface area contributed by atoms with Gasteiger partial charge in [0.05, 0.1) is 0 Å². The van der Waals surface area contributed by atoms with E-state index < -0.39 is 0 Å². The first-order valence-corrected chi connectivity index (χ1v) is 1.41. The molecule has 1 N–H and O–H groups in total. The first-order valence-electron chi connectivity index (χ1n) is 1.41. The van der Waals surface area contributed by atoms with Crippen LogP contribution >= 0.6 is 0 Å². The van der Waals surface area contributed by atoms with Crippen molar-refractivity contribution in [1.82, 2.24) is 5.34 Å². The van der Waals surface area contributed by atoms with Crippen LogP contribution in [0.2, 0.25) is 6.82 Å². The van der Waals surface area contributed by atoms with Crippen LogP contribution in [0.1, 0.15) is 0 Å². The maximum absolute atomic E-state index is 3.30. The molecule has 0 spiro atoms. The lowest BCUT2D eigenvalue weighted by Crippen LogP contribution is -2.04. The van der Waals surface area contributed by atoms with Crippen LogP contribution in [0, 0.1) is 0 Å². The largest absolute Gasteiger partial charge is 0.360 e. The van der Waals surface area contributed by atoms with Crippen LogP contribution in [0.4, 0.5) is 0 Å². The monoisotopic (exact) mass is 69.1 g/mol. The van der Waals surface area contributed by atoms with Crippen LogP contribution in [0.25, 0.3) is 0 Å². The third-order valence-electron chi connectivity index (χ3n) is 0.220. The summed E-state index contributed by atoms with van der Waals surface area (Å²) in [5.41, 5.74) is 0. The molecule has 0 aliphatic heterocycles. The highest BCUT2D eigenvalue weighted by atomic mass is 15.2. The summed E-state index contributed by atoms with van der Waals surface area (Å²) in [7, 11) is 1.70. The van der Waals surface area contributed by atoms with Gasteiger partial charge in [0.15, 0.2) is 0 Å². The van der Waals surface area contributed by atoms with Crippen LogP contribution in [-0.4, -0.2) is 14.1 Å². The molecule has 0 aromatic rings. The SMILES string of the molecule is C=NN[B]C. The zero-order chi connectivity index (χ0) is 4.12. The van der Waals surface area contributed by atoms with E-state index in [2.05, 4.69) is 17.2 Å². The Kier molecular flexibility index (Phi) is 3.21. The lowest BCUT2D eigenvalue weighted by molar-refractivity contribution is 1.10. The van der Waals surface area contributed by atoms with E-state index in [0.717, 1.165) is 0 Å². The summed E-state index contributed by atoms with van der Waals surface area (Å²) in [4.78, 5) is 0. The summed E-state index contributed by atoms with van der Waals surface area (Å²) in [6, 6.07) is 0. The fraction of sp³-hybridized carbons (Fsp3) is 0.500. The Labute approximate surface area is 32.5 Å². The van der Waals surface area contributed by atoms with Gasteiger partial charge in [0, 0.05) is 6.72 Å². The Morgan fingerprint density at radius 2 is 2.60 bits per heavy atom. The molecule has 0 fully saturated rings. The highest BCUT2D eigenvalue weighted by Gasteiger charge is 1.62. The molecule has 0 aromatic heterocycles. The minimum Gasteiger partial charge on any atom is -0.360 e. The van der Waals surface area contributed by atoms with Crippen molar-refractivity contribution in [2.75, 3.05) is 0 Å². The summed E-state index contributed by atoms with van der Waals surface area (Å²) in [6.45, 7) is 5.00. The number of hydrogen-bond acceptors (Lipinski definition) is 2. The molecule has 1 radical (unpaired) electrons. The first-order chi connectivity index (χ1) is 2.41. The van der Waals surface area contributed by atoms with Crippen molar-refractivity contribution in [2.24, 2.45) is 5.10 Å². The van der Waals surface area contributed by atoms with Gasteiger partial charge in [-0.25, -0.2) is 5.10 Å². The fourth-order valence-electron chi connectivity index (χ4n) is 0.0913. The molecule has 5 heavy (non-hydrogen) atoms. The highest BCUT2D eigenvalue weighted by Crippen LogP contribution is 1.41. The van der Waals surface area contributed by atoms with Crippen molar-refractivity contribution in [1.29, 1.82) is 0 Å². The third kappa shape index (κ3) is 3.53. The van der Waals surface area contributed by atoms with Gasteiger partial charge < -0.3 is 5.34 Å². The predicted octanol–water partition coefficient (Wildman–Crippen LogP) is -0.141. The van der Waals surface area contributed by atoms with Crippen molar-refractivity contribution in [3.8, 4) is 0 Å². The van der Waals surface area contributed by atoms with Gasteiger partial charge in [-0.1, -0.05) is 6.82 Å². The Morgan fingerprint density at radius 3 is 2.60 bits per heavy atom. The van der Waals surface area contributed by atoms with Crippen LogP contribution in [-0.2, 0) is 0 Å². The molecule has 3 heteroatoms. The average molecular weight is 68.9 g/mol. The van der Waals surface area contributed by atoms with Crippen molar-refractivity contribution in [3.05, 3.63) is 0 Å². The molecule has 27 valence electrons. The van der Waals surface area contributed by atoms with Gasteiger partial charge in [0.2, 0.25) is 0 Å². The molecule has 0 unspecified atom stereocenters. The molecule has 0 heterocycles. The lowest BCUT2D eigenvalue weighted by Gasteiger charge is -1.80. The summed E-state index contributed by atoms with van der Waals surface area (Å²) in [6.07, 6.45) is 0. The zero-order valence-electron chi connectivity index (χ0n) is 3.23. The summed E-state index contributed by atoms with van der Waals surface area (Å²) in [5, 5.41) is 5.80. The average Bonchev–Trinajstić information content (AvgIpc) is 1.41. The van der Waals surface area contributed by atoms with Gasteiger partial charge >= 0.3 is 0 Å². The number of hydrogen-bond donors (Lipinski definition) is 1. The fourth-order valence-corrected chi connectivity index (χ4v) is 0.0913. The second kappa shape index (κ2) is 3.53. The molecule has 0 saturated carbocycles. The zero-order valence-corrected chi connectivity index (χ0v) is 3.23. The molecular weight excluding hydrogens is 62.8 g/mol. The maximum Gasteiger partial charge on any atom is 0.264 e. The van der Waals surface area contributed by atoms with Crippen LogP contribution < -0.4 is 5.34 Å². The minimum absolute atomic E-state index is 1.70. The van der Waals surface area contributed by atoms with Crippen LogP contribution in [0.15, 0.2) is 5.10 Å². The highest BCUT2D eigenvalue weighted by molar-refractivity contribution is 6.29. The first kappa shape index (κ1) is 4.53. The van der Waals surface area contributed by atoms with E-state index in [1.807, 2.05) is 6.82 Å². The molecular formula is C2H6BN2. The molecule has 0 amide bonds. The quantitative estimate of drug-likeness (QED) is 0.272. The maximum atomic E-state index is 3.30. The van der Waals surface area contributed by atoms with E-state index in [0.29, 0.717) is 0 Å². The van der Waals surface area contributed by atoms with Gasteiger partial charge in [0.1, 0.15) is 0 Å². The smallest absolute Gasteiger partial charge is 0.264 e. The Hall–Kier alpha value is -0.465. The molecule has 2 nitrogen and oxygen atoms in total. The number of nitrogens with zero attached hydrogens (tertiary/aromatic N) is 1. The van der Waals surface area contributed by atoms with Gasteiger partial charge in [-0.3, -0.25) is 0 Å². The van der Waals surface area contributed by atoms with E-state index in [4.69, 9.17) is 0 Å². The van der Waals surface area contributed by atoms with Crippen LogP contribution in [0.3, 0.4) is 0 Å². The topological polar surface area (TPSA) is 24.4 Å². The van der Waals surface area contributed by atoms with Crippen molar-refractivity contribution in [3.63, 3.8) is 0 Å². The van der Waals surface area contributed by atoms with Crippen molar-refractivity contribution < 1.29 is 0 Å². The second-order valence-electron chi connectivity index (χ2n) is 0.576. The van der Waals surface area contributed by atoms with E-state index in [1.54, 1.807) is 7.41 Å². The molecule has 0 atom stereocenters. The number of nitrogens with one attached hydrogen (secondary N) is 1. The molecule has 0 aliphatic rings. The van der Waals surface area contributed by atoms with Crippen molar-refractivity contribution in [2.45, 2.75) is 6.82 Å².